The standard InChI is InChI=1S/C16H10Cl2N2O2/c17-10-7-12-14(5-6-19-15(12)13(18)8-10)20-11-3-1-9(2-4-11)16(21)22/h1-8H,(H,19,20)(H,21,22). The van der Waals surface area contributed by atoms with Gasteiger partial charge in [0.2, 0.25) is 0 Å². The van der Waals surface area contributed by atoms with Crippen molar-refractivity contribution in [3.8, 4) is 0 Å². The molecule has 0 aliphatic carbocycles. The number of aromatic nitrogens is 1. The minimum absolute atomic E-state index is 0.233. The van der Waals surface area contributed by atoms with Crippen LogP contribution in [-0.2, 0) is 0 Å². The Bertz CT molecular complexity index is 864. The van der Waals surface area contributed by atoms with Gasteiger partial charge in [-0.15, -0.1) is 0 Å². The number of anilines is 2. The van der Waals surface area contributed by atoms with Crippen LogP contribution in [0.5, 0.6) is 0 Å². The Labute approximate surface area is 136 Å². The molecule has 0 saturated carbocycles. The molecule has 4 nitrogen and oxygen atoms in total. The number of carboxylic acids is 1. The molecule has 3 aromatic rings. The maximum atomic E-state index is 10.9. The van der Waals surface area contributed by atoms with Crippen molar-refractivity contribution in [2.24, 2.45) is 0 Å². The molecule has 0 fully saturated rings. The molecule has 0 bridgehead atoms. The fraction of sp³-hybridized carbons (Fsp3) is 0. The van der Waals surface area contributed by atoms with Crippen molar-refractivity contribution in [2.45, 2.75) is 0 Å². The maximum Gasteiger partial charge on any atom is 0.335 e. The van der Waals surface area contributed by atoms with E-state index in [0.717, 1.165) is 16.8 Å². The molecule has 0 atom stereocenters. The van der Waals surface area contributed by atoms with Crippen LogP contribution >= 0.6 is 23.2 Å². The third-order valence-electron chi connectivity index (χ3n) is 3.17. The summed E-state index contributed by atoms with van der Waals surface area (Å²) >= 11 is 12.2. The van der Waals surface area contributed by atoms with Gasteiger partial charge in [0.1, 0.15) is 0 Å². The second-order valence-electron chi connectivity index (χ2n) is 4.65. The van der Waals surface area contributed by atoms with Gasteiger partial charge in [0, 0.05) is 28.0 Å². The number of fused-ring (bicyclic) bond motifs is 1. The lowest BCUT2D eigenvalue weighted by molar-refractivity contribution is 0.0697. The first kappa shape index (κ1) is 14.6. The monoisotopic (exact) mass is 332 g/mol. The van der Waals surface area contributed by atoms with Crippen LogP contribution in [0.25, 0.3) is 10.9 Å². The lowest BCUT2D eigenvalue weighted by Gasteiger charge is -2.11. The minimum Gasteiger partial charge on any atom is -0.478 e. The van der Waals surface area contributed by atoms with Crippen LogP contribution < -0.4 is 5.32 Å². The maximum absolute atomic E-state index is 10.9. The first-order valence-corrected chi connectivity index (χ1v) is 7.14. The predicted molar refractivity (Wildman–Crippen MR) is 88.4 cm³/mol. The number of nitrogens with one attached hydrogen (secondary N) is 1. The molecule has 3 rings (SSSR count). The Hall–Kier alpha value is -2.30. The average Bonchev–Trinajstić information content (AvgIpc) is 2.48. The van der Waals surface area contributed by atoms with Crippen LogP contribution in [0.2, 0.25) is 10.0 Å². The fourth-order valence-corrected chi connectivity index (χ4v) is 2.68. The molecule has 0 amide bonds. The van der Waals surface area contributed by atoms with Crippen molar-refractivity contribution in [1.29, 1.82) is 0 Å². The van der Waals surface area contributed by atoms with E-state index in [9.17, 15) is 4.79 Å². The summed E-state index contributed by atoms with van der Waals surface area (Å²) in [6, 6.07) is 11.7. The van der Waals surface area contributed by atoms with Gasteiger partial charge in [0.15, 0.2) is 0 Å². The summed E-state index contributed by atoms with van der Waals surface area (Å²) < 4.78 is 0. The summed E-state index contributed by atoms with van der Waals surface area (Å²) in [6.07, 6.45) is 1.65. The summed E-state index contributed by atoms with van der Waals surface area (Å²) in [5.74, 6) is -0.959. The topological polar surface area (TPSA) is 62.2 Å². The van der Waals surface area contributed by atoms with E-state index in [4.69, 9.17) is 28.3 Å². The SMILES string of the molecule is O=C(O)c1ccc(Nc2ccnc3c(Cl)cc(Cl)cc23)cc1. The molecule has 22 heavy (non-hydrogen) atoms. The van der Waals surface area contributed by atoms with Gasteiger partial charge in [0.25, 0.3) is 0 Å². The second-order valence-corrected chi connectivity index (χ2v) is 5.49. The Morgan fingerprint density at radius 2 is 1.82 bits per heavy atom. The summed E-state index contributed by atoms with van der Waals surface area (Å²) in [7, 11) is 0. The quantitative estimate of drug-likeness (QED) is 0.709. The highest BCUT2D eigenvalue weighted by Crippen LogP contribution is 2.32. The summed E-state index contributed by atoms with van der Waals surface area (Å²) in [4.78, 5) is 15.1. The number of carboxylic acid groups (broad SMARTS) is 1. The van der Waals surface area contributed by atoms with Crippen LogP contribution in [0.15, 0.2) is 48.7 Å². The molecule has 0 saturated heterocycles. The van der Waals surface area contributed by atoms with E-state index in [1.54, 1.807) is 36.5 Å². The molecule has 1 aromatic heterocycles. The van der Waals surface area contributed by atoms with Crippen molar-refractivity contribution < 1.29 is 9.90 Å². The second kappa shape index (κ2) is 5.83. The zero-order chi connectivity index (χ0) is 15.7. The third kappa shape index (κ3) is 2.84. The van der Waals surface area contributed by atoms with Crippen molar-refractivity contribution in [2.75, 3.05) is 5.32 Å². The number of benzene rings is 2. The number of halogens is 2. The molecular weight excluding hydrogens is 323 g/mol. The molecule has 2 aromatic carbocycles. The molecule has 2 N–H and O–H groups in total. The molecule has 0 spiro atoms. The predicted octanol–water partition coefficient (Wildman–Crippen LogP) is 4.98. The number of hydrogen-bond donors (Lipinski definition) is 2. The van der Waals surface area contributed by atoms with E-state index in [0.29, 0.717) is 15.6 Å². The molecule has 110 valence electrons. The smallest absolute Gasteiger partial charge is 0.335 e. The largest absolute Gasteiger partial charge is 0.478 e. The highest BCUT2D eigenvalue weighted by Gasteiger charge is 2.08. The number of nitrogens with zero attached hydrogens (tertiary/aromatic N) is 1. The van der Waals surface area contributed by atoms with Gasteiger partial charge in [-0.25, -0.2) is 4.79 Å². The van der Waals surface area contributed by atoms with E-state index in [-0.39, 0.29) is 5.56 Å². The van der Waals surface area contributed by atoms with Crippen molar-refractivity contribution in [3.05, 3.63) is 64.3 Å². The van der Waals surface area contributed by atoms with E-state index >= 15 is 0 Å². The van der Waals surface area contributed by atoms with E-state index < -0.39 is 5.97 Å². The Morgan fingerprint density at radius 1 is 1.09 bits per heavy atom. The third-order valence-corrected chi connectivity index (χ3v) is 3.68. The Morgan fingerprint density at radius 3 is 2.50 bits per heavy atom. The van der Waals surface area contributed by atoms with E-state index in [2.05, 4.69) is 10.3 Å². The molecular formula is C16H10Cl2N2O2. The summed E-state index contributed by atoms with van der Waals surface area (Å²) in [6.45, 7) is 0. The molecule has 0 radical (unpaired) electrons. The number of hydrogen-bond acceptors (Lipinski definition) is 3. The fourth-order valence-electron chi connectivity index (χ4n) is 2.14. The van der Waals surface area contributed by atoms with Gasteiger partial charge in [-0.3, -0.25) is 4.98 Å². The van der Waals surface area contributed by atoms with Gasteiger partial charge in [-0.05, 0) is 42.5 Å². The van der Waals surface area contributed by atoms with Crippen LogP contribution in [0.3, 0.4) is 0 Å². The first-order chi connectivity index (χ1) is 10.5. The van der Waals surface area contributed by atoms with Gasteiger partial charge in [-0.1, -0.05) is 23.2 Å². The number of rotatable bonds is 3. The normalized spacial score (nSPS) is 10.6. The minimum atomic E-state index is -0.959. The number of aromatic carboxylic acids is 1. The number of carbonyl (C=O) groups is 1. The highest BCUT2D eigenvalue weighted by molar-refractivity contribution is 6.38. The van der Waals surface area contributed by atoms with Gasteiger partial charge in [-0.2, -0.15) is 0 Å². The van der Waals surface area contributed by atoms with Crippen LogP contribution in [0.1, 0.15) is 10.4 Å². The van der Waals surface area contributed by atoms with E-state index in [1.165, 1.54) is 12.1 Å². The molecule has 0 aliphatic rings. The van der Waals surface area contributed by atoms with Crippen LogP contribution in [0, 0.1) is 0 Å². The van der Waals surface area contributed by atoms with Gasteiger partial charge < -0.3 is 10.4 Å². The van der Waals surface area contributed by atoms with Gasteiger partial charge in [0.05, 0.1) is 16.1 Å². The first-order valence-electron chi connectivity index (χ1n) is 6.39. The summed E-state index contributed by atoms with van der Waals surface area (Å²) in [5.41, 5.74) is 2.43. The number of pyridine rings is 1. The highest BCUT2D eigenvalue weighted by atomic mass is 35.5. The summed E-state index contributed by atoms with van der Waals surface area (Å²) in [5, 5.41) is 13.9. The zero-order valence-corrected chi connectivity index (χ0v) is 12.7. The lowest BCUT2D eigenvalue weighted by Crippen LogP contribution is -1.97. The van der Waals surface area contributed by atoms with Gasteiger partial charge >= 0.3 is 5.97 Å². The van der Waals surface area contributed by atoms with E-state index in [1.807, 2.05) is 0 Å². The Balaban J connectivity index is 2.02. The Kier molecular flexibility index (Phi) is 3.88. The van der Waals surface area contributed by atoms with Crippen LogP contribution in [0.4, 0.5) is 11.4 Å². The molecule has 0 aliphatic heterocycles. The zero-order valence-electron chi connectivity index (χ0n) is 11.2. The molecule has 1 heterocycles. The molecule has 6 heteroatoms. The molecule has 0 unspecified atom stereocenters. The van der Waals surface area contributed by atoms with Crippen molar-refractivity contribution in [1.82, 2.24) is 4.98 Å². The van der Waals surface area contributed by atoms with Crippen molar-refractivity contribution in [3.63, 3.8) is 0 Å². The average molecular weight is 333 g/mol. The van der Waals surface area contributed by atoms with Crippen molar-refractivity contribution >= 4 is 51.4 Å². The van der Waals surface area contributed by atoms with Crippen LogP contribution in [-0.4, -0.2) is 16.1 Å². The lowest BCUT2D eigenvalue weighted by atomic mass is 10.1.